The molecule has 1 aromatic heterocycles. The van der Waals surface area contributed by atoms with E-state index >= 15 is 0 Å². The maximum absolute atomic E-state index is 11.0. The molecule has 0 aliphatic carbocycles. The van der Waals surface area contributed by atoms with Crippen molar-refractivity contribution in [3.8, 4) is 0 Å². The number of H-pyrrole nitrogens is 1. The molecule has 0 spiro atoms. The Balaban J connectivity index is 2.77. The largest absolute Gasteiger partial charge is 0.301 e. The highest BCUT2D eigenvalue weighted by Crippen LogP contribution is 2.13. The van der Waals surface area contributed by atoms with Crippen LogP contribution in [-0.4, -0.2) is 15.7 Å². The Morgan fingerprint density at radius 3 is 3.00 bits per heavy atom. The second-order valence-electron chi connectivity index (χ2n) is 2.94. The Hall–Kier alpha value is -1.03. The molecule has 0 atom stereocenters. The summed E-state index contributed by atoms with van der Waals surface area (Å²) in [6, 6.07) is 1.48. The average Bonchev–Trinajstić information content (AvgIpc) is 1.99. The fourth-order valence-corrected chi connectivity index (χ4v) is 1.58. The quantitative estimate of drug-likeness (QED) is 0.455. The van der Waals surface area contributed by atoms with Gasteiger partial charge in [-0.3, -0.25) is 4.79 Å². The first-order valence-corrected chi connectivity index (χ1v) is 4.91. The van der Waals surface area contributed by atoms with E-state index in [0.717, 1.165) is 17.0 Å². The number of thioether (sulfide) groups is 1. The molecular formula is C9H12N2OS. The Kier molecular flexibility index (Phi) is 3.31. The van der Waals surface area contributed by atoms with E-state index < -0.39 is 0 Å². The summed E-state index contributed by atoms with van der Waals surface area (Å²) in [5, 5.41) is 0.660. The van der Waals surface area contributed by atoms with Crippen LogP contribution in [0.15, 0.2) is 28.2 Å². The van der Waals surface area contributed by atoms with E-state index in [1.54, 1.807) is 6.92 Å². The molecule has 3 nitrogen and oxygen atoms in total. The monoisotopic (exact) mass is 196 g/mol. The van der Waals surface area contributed by atoms with E-state index in [2.05, 4.69) is 16.5 Å². The minimum atomic E-state index is -0.100. The predicted molar refractivity (Wildman–Crippen MR) is 55.1 cm³/mol. The summed E-state index contributed by atoms with van der Waals surface area (Å²) >= 11 is 1.49. The fourth-order valence-electron chi connectivity index (χ4n) is 0.812. The van der Waals surface area contributed by atoms with Crippen molar-refractivity contribution in [1.29, 1.82) is 0 Å². The van der Waals surface area contributed by atoms with Gasteiger partial charge in [-0.2, -0.15) is 0 Å². The second-order valence-corrected chi connectivity index (χ2v) is 3.90. The summed E-state index contributed by atoms with van der Waals surface area (Å²) in [6.45, 7) is 7.53. The minimum absolute atomic E-state index is 0.100. The molecule has 0 bridgehead atoms. The third kappa shape index (κ3) is 3.46. The molecule has 0 aliphatic heterocycles. The van der Waals surface area contributed by atoms with Crippen LogP contribution < -0.4 is 5.56 Å². The van der Waals surface area contributed by atoms with Gasteiger partial charge >= 0.3 is 0 Å². The molecule has 0 aliphatic rings. The molecule has 0 saturated carbocycles. The number of hydrogen-bond acceptors (Lipinski definition) is 3. The van der Waals surface area contributed by atoms with Crippen LogP contribution in [0.2, 0.25) is 0 Å². The van der Waals surface area contributed by atoms with Crippen LogP contribution in [0.25, 0.3) is 0 Å². The van der Waals surface area contributed by atoms with Crippen molar-refractivity contribution in [1.82, 2.24) is 9.97 Å². The summed E-state index contributed by atoms with van der Waals surface area (Å²) < 4.78 is 0. The van der Waals surface area contributed by atoms with E-state index in [1.807, 2.05) is 6.92 Å². The van der Waals surface area contributed by atoms with Gasteiger partial charge in [0.05, 0.1) is 0 Å². The van der Waals surface area contributed by atoms with Gasteiger partial charge in [-0.15, -0.1) is 0 Å². The maximum atomic E-state index is 11.0. The van der Waals surface area contributed by atoms with Gasteiger partial charge in [-0.1, -0.05) is 23.9 Å². The van der Waals surface area contributed by atoms with Crippen LogP contribution in [0.5, 0.6) is 0 Å². The van der Waals surface area contributed by atoms with Gasteiger partial charge in [0.1, 0.15) is 0 Å². The molecule has 0 amide bonds. The molecule has 1 heterocycles. The Bertz CT molecular complexity index is 370. The van der Waals surface area contributed by atoms with Crippen molar-refractivity contribution >= 4 is 11.8 Å². The zero-order valence-electron chi connectivity index (χ0n) is 7.76. The van der Waals surface area contributed by atoms with Crippen LogP contribution in [0.1, 0.15) is 12.6 Å². The molecule has 70 valence electrons. The third-order valence-electron chi connectivity index (χ3n) is 1.30. The number of aromatic nitrogens is 2. The molecule has 1 aromatic rings. The van der Waals surface area contributed by atoms with Crippen molar-refractivity contribution in [2.24, 2.45) is 0 Å². The molecule has 1 N–H and O–H groups in total. The third-order valence-corrected chi connectivity index (χ3v) is 2.41. The summed E-state index contributed by atoms with van der Waals surface area (Å²) in [5.41, 5.74) is 1.71. The normalized spacial score (nSPS) is 10.0. The van der Waals surface area contributed by atoms with Crippen LogP contribution in [-0.2, 0) is 0 Å². The molecule has 0 aromatic carbocycles. The maximum Gasteiger partial charge on any atom is 0.251 e. The molecule has 4 heteroatoms. The SMILES string of the molecule is C=C(C)CSc1nc(C)cc(=O)[nH]1. The average molecular weight is 196 g/mol. The highest BCUT2D eigenvalue weighted by atomic mass is 32.2. The van der Waals surface area contributed by atoms with E-state index in [1.165, 1.54) is 17.8 Å². The lowest BCUT2D eigenvalue weighted by Gasteiger charge is -2.00. The number of hydrogen-bond donors (Lipinski definition) is 1. The number of aryl methyl sites for hydroxylation is 1. The standard InChI is InChI=1S/C9H12N2OS/c1-6(2)5-13-9-10-7(3)4-8(12)11-9/h4H,1,5H2,2-3H3,(H,10,11,12). The van der Waals surface area contributed by atoms with Gasteiger partial charge in [0, 0.05) is 17.5 Å². The van der Waals surface area contributed by atoms with E-state index in [4.69, 9.17) is 0 Å². The summed E-state index contributed by atoms with van der Waals surface area (Å²) in [7, 11) is 0. The smallest absolute Gasteiger partial charge is 0.251 e. The van der Waals surface area contributed by atoms with Gasteiger partial charge in [0.15, 0.2) is 5.16 Å². The van der Waals surface area contributed by atoms with Gasteiger partial charge in [0.2, 0.25) is 0 Å². The van der Waals surface area contributed by atoms with E-state index in [0.29, 0.717) is 5.16 Å². The first kappa shape index (κ1) is 10.1. The highest BCUT2D eigenvalue weighted by molar-refractivity contribution is 7.99. The summed E-state index contributed by atoms with van der Waals surface area (Å²) in [6.07, 6.45) is 0. The predicted octanol–water partition coefficient (Wildman–Crippen LogP) is 1.75. The van der Waals surface area contributed by atoms with E-state index in [-0.39, 0.29) is 5.56 Å². The molecule has 0 saturated heterocycles. The number of aromatic amines is 1. The van der Waals surface area contributed by atoms with Crippen molar-refractivity contribution in [2.45, 2.75) is 19.0 Å². The zero-order valence-corrected chi connectivity index (χ0v) is 8.57. The first-order valence-electron chi connectivity index (χ1n) is 3.93. The second kappa shape index (κ2) is 4.28. The first-order chi connectivity index (χ1) is 6.08. The Morgan fingerprint density at radius 2 is 2.46 bits per heavy atom. The molecule has 13 heavy (non-hydrogen) atoms. The zero-order chi connectivity index (χ0) is 9.84. The van der Waals surface area contributed by atoms with Crippen molar-refractivity contribution in [3.05, 3.63) is 34.3 Å². The topological polar surface area (TPSA) is 45.8 Å². The Labute approximate surface area is 81.3 Å². The van der Waals surface area contributed by atoms with Crippen molar-refractivity contribution in [2.75, 3.05) is 5.75 Å². The van der Waals surface area contributed by atoms with Gasteiger partial charge < -0.3 is 4.98 Å². The summed E-state index contributed by atoms with van der Waals surface area (Å²) in [4.78, 5) is 17.9. The lowest BCUT2D eigenvalue weighted by Crippen LogP contribution is -2.08. The van der Waals surface area contributed by atoms with Crippen LogP contribution >= 0.6 is 11.8 Å². The van der Waals surface area contributed by atoms with Gasteiger partial charge in [-0.25, -0.2) is 4.98 Å². The molecule has 0 fully saturated rings. The molecule has 0 radical (unpaired) electrons. The van der Waals surface area contributed by atoms with Gasteiger partial charge in [0.25, 0.3) is 5.56 Å². The molecule has 1 rings (SSSR count). The van der Waals surface area contributed by atoms with Gasteiger partial charge in [-0.05, 0) is 13.8 Å². The number of nitrogens with one attached hydrogen (secondary N) is 1. The van der Waals surface area contributed by atoms with Crippen molar-refractivity contribution in [3.63, 3.8) is 0 Å². The highest BCUT2D eigenvalue weighted by Gasteiger charge is 1.98. The van der Waals surface area contributed by atoms with Crippen LogP contribution in [0.4, 0.5) is 0 Å². The van der Waals surface area contributed by atoms with Crippen LogP contribution in [0, 0.1) is 6.92 Å². The summed E-state index contributed by atoms with van der Waals surface area (Å²) in [5.74, 6) is 0.784. The van der Waals surface area contributed by atoms with Crippen LogP contribution in [0.3, 0.4) is 0 Å². The lowest BCUT2D eigenvalue weighted by atomic mass is 10.4. The lowest BCUT2D eigenvalue weighted by molar-refractivity contribution is 0.906. The number of rotatable bonds is 3. The van der Waals surface area contributed by atoms with E-state index in [9.17, 15) is 4.79 Å². The Morgan fingerprint density at radius 1 is 1.77 bits per heavy atom. The molecular weight excluding hydrogens is 184 g/mol. The minimum Gasteiger partial charge on any atom is -0.301 e. The van der Waals surface area contributed by atoms with Crippen molar-refractivity contribution < 1.29 is 0 Å². The fraction of sp³-hybridized carbons (Fsp3) is 0.333. The number of nitrogens with zero attached hydrogens (tertiary/aromatic N) is 1. The molecule has 0 unspecified atom stereocenters.